The summed E-state index contributed by atoms with van der Waals surface area (Å²) in [5.74, 6) is -0.215. The molecule has 0 unspecified atom stereocenters. The van der Waals surface area contributed by atoms with Crippen LogP contribution in [0.2, 0.25) is 0 Å². The van der Waals surface area contributed by atoms with E-state index >= 15 is 0 Å². The van der Waals surface area contributed by atoms with Gasteiger partial charge in [-0.05, 0) is 49.2 Å². The SMILES string of the molecule is COc1nc(CN2C(=O)c3ccccc3C2=O)cc(C)c1C#N.COc1nc(CO)cc(C)c1C#N. The van der Waals surface area contributed by atoms with Gasteiger partial charge < -0.3 is 14.6 Å². The number of fused-ring (bicyclic) bond motifs is 1. The van der Waals surface area contributed by atoms with Crippen LogP contribution in [0.4, 0.5) is 0 Å². The molecular weight excluding hydrogens is 462 g/mol. The van der Waals surface area contributed by atoms with Crippen LogP contribution in [0.15, 0.2) is 36.4 Å². The van der Waals surface area contributed by atoms with Gasteiger partial charge in [0, 0.05) is 0 Å². The molecule has 4 rings (SSSR count). The van der Waals surface area contributed by atoms with Gasteiger partial charge in [0.15, 0.2) is 0 Å². The number of ether oxygens (including phenoxy) is 2. The van der Waals surface area contributed by atoms with Gasteiger partial charge in [-0.2, -0.15) is 10.5 Å². The van der Waals surface area contributed by atoms with Crippen LogP contribution in [-0.4, -0.2) is 46.0 Å². The molecule has 0 radical (unpaired) electrons. The number of nitrogens with zero attached hydrogens (tertiary/aromatic N) is 5. The van der Waals surface area contributed by atoms with Gasteiger partial charge >= 0.3 is 0 Å². The second-order valence-corrected chi connectivity index (χ2v) is 7.75. The van der Waals surface area contributed by atoms with Crippen molar-refractivity contribution in [3.05, 3.63) is 81.2 Å². The molecule has 1 aliphatic rings. The van der Waals surface area contributed by atoms with Crippen molar-refractivity contribution in [3.63, 3.8) is 0 Å². The van der Waals surface area contributed by atoms with Crippen LogP contribution in [0.3, 0.4) is 0 Å². The predicted octanol–water partition coefficient (Wildman–Crippen LogP) is 2.83. The largest absolute Gasteiger partial charge is 0.480 e. The smallest absolute Gasteiger partial charge is 0.261 e. The Kier molecular flexibility index (Phi) is 7.95. The highest BCUT2D eigenvalue weighted by Crippen LogP contribution is 2.26. The number of pyridine rings is 2. The summed E-state index contributed by atoms with van der Waals surface area (Å²) in [5, 5.41) is 26.7. The summed E-state index contributed by atoms with van der Waals surface area (Å²) in [6, 6.07) is 14.1. The van der Waals surface area contributed by atoms with Crippen molar-refractivity contribution in [3.8, 4) is 23.9 Å². The number of nitriles is 2. The molecule has 0 saturated heterocycles. The number of aromatic nitrogens is 2. The van der Waals surface area contributed by atoms with E-state index in [1.807, 2.05) is 12.1 Å². The van der Waals surface area contributed by atoms with Crippen molar-refractivity contribution in [2.24, 2.45) is 0 Å². The van der Waals surface area contributed by atoms with E-state index in [9.17, 15) is 9.59 Å². The zero-order valence-electron chi connectivity index (χ0n) is 20.2. The third-order valence-electron chi connectivity index (χ3n) is 5.44. The number of rotatable bonds is 5. The lowest BCUT2D eigenvalue weighted by Gasteiger charge is -2.15. The topological polar surface area (TPSA) is 149 Å². The highest BCUT2D eigenvalue weighted by atomic mass is 16.5. The molecule has 3 heterocycles. The number of aryl methyl sites for hydroxylation is 2. The monoisotopic (exact) mass is 485 g/mol. The average Bonchev–Trinajstić information content (AvgIpc) is 3.13. The van der Waals surface area contributed by atoms with Crippen molar-refractivity contribution in [2.45, 2.75) is 27.0 Å². The van der Waals surface area contributed by atoms with Crippen molar-refractivity contribution >= 4 is 11.8 Å². The quantitative estimate of drug-likeness (QED) is 0.538. The van der Waals surface area contributed by atoms with Crippen LogP contribution in [-0.2, 0) is 13.2 Å². The second kappa shape index (κ2) is 11.1. The maximum absolute atomic E-state index is 12.4. The maximum atomic E-state index is 12.4. The number of aliphatic hydroxyl groups excluding tert-OH is 1. The summed E-state index contributed by atoms with van der Waals surface area (Å²) >= 11 is 0. The van der Waals surface area contributed by atoms with Gasteiger partial charge in [-0.15, -0.1) is 0 Å². The fourth-order valence-corrected chi connectivity index (χ4v) is 3.69. The minimum atomic E-state index is -0.339. The predicted molar refractivity (Wildman–Crippen MR) is 127 cm³/mol. The van der Waals surface area contributed by atoms with E-state index < -0.39 is 0 Å². The van der Waals surface area contributed by atoms with E-state index in [1.54, 1.807) is 50.2 Å². The van der Waals surface area contributed by atoms with Gasteiger partial charge in [-0.3, -0.25) is 14.5 Å². The van der Waals surface area contributed by atoms with Gasteiger partial charge in [0.2, 0.25) is 11.8 Å². The van der Waals surface area contributed by atoms with Crippen molar-refractivity contribution < 1.29 is 24.2 Å². The molecule has 0 saturated carbocycles. The average molecular weight is 486 g/mol. The van der Waals surface area contributed by atoms with E-state index in [-0.39, 0.29) is 36.7 Å². The lowest BCUT2D eigenvalue weighted by molar-refractivity contribution is 0.0640. The summed E-state index contributed by atoms with van der Waals surface area (Å²) < 4.78 is 10.0. The molecule has 0 bridgehead atoms. The number of imide groups is 1. The first-order valence-electron chi connectivity index (χ1n) is 10.7. The van der Waals surface area contributed by atoms with Crippen molar-refractivity contribution in [1.82, 2.24) is 14.9 Å². The molecule has 182 valence electrons. The van der Waals surface area contributed by atoms with E-state index in [4.69, 9.17) is 25.1 Å². The van der Waals surface area contributed by atoms with Crippen molar-refractivity contribution in [1.29, 1.82) is 10.5 Å². The molecule has 3 aromatic rings. The van der Waals surface area contributed by atoms with Gasteiger partial charge in [0.25, 0.3) is 11.8 Å². The van der Waals surface area contributed by atoms with Crippen LogP contribution in [0.25, 0.3) is 0 Å². The molecule has 1 N–H and O–H groups in total. The van der Waals surface area contributed by atoms with Gasteiger partial charge in [-0.1, -0.05) is 12.1 Å². The summed E-state index contributed by atoms with van der Waals surface area (Å²) in [5.41, 5.74) is 4.01. The molecule has 2 aromatic heterocycles. The van der Waals surface area contributed by atoms with E-state index in [0.29, 0.717) is 39.2 Å². The van der Waals surface area contributed by atoms with E-state index in [1.165, 1.54) is 14.2 Å². The Morgan fingerprint density at radius 1 is 0.861 bits per heavy atom. The number of hydrogen-bond donors (Lipinski definition) is 1. The number of amides is 2. The zero-order chi connectivity index (χ0) is 26.4. The Hall–Kier alpha value is -4.80. The van der Waals surface area contributed by atoms with Gasteiger partial charge in [-0.25, -0.2) is 9.97 Å². The minimum Gasteiger partial charge on any atom is -0.480 e. The first kappa shape index (κ1) is 25.8. The Balaban J connectivity index is 0.000000236. The minimum absolute atomic E-state index is 0.0370. The molecule has 0 aliphatic carbocycles. The summed E-state index contributed by atoms with van der Waals surface area (Å²) in [6.45, 7) is 3.43. The number of carbonyl (C=O) groups excluding carboxylic acids is 2. The molecule has 1 aliphatic heterocycles. The molecule has 10 nitrogen and oxygen atoms in total. The van der Waals surface area contributed by atoms with Gasteiger partial charge in [0.1, 0.15) is 23.3 Å². The number of methoxy groups -OCH3 is 2. The van der Waals surface area contributed by atoms with Crippen LogP contribution in [0, 0.1) is 36.5 Å². The summed E-state index contributed by atoms with van der Waals surface area (Å²) in [7, 11) is 2.87. The fourth-order valence-electron chi connectivity index (χ4n) is 3.69. The van der Waals surface area contributed by atoms with Crippen LogP contribution in [0.5, 0.6) is 11.8 Å². The van der Waals surface area contributed by atoms with E-state index in [0.717, 1.165) is 10.5 Å². The zero-order valence-corrected chi connectivity index (χ0v) is 20.2. The number of aliphatic hydroxyl groups is 1. The normalized spacial score (nSPS) is 11.7. The third kappa shape index (κ3) is 4.99. The Morgan fingerprint density at radius 3 is 1.72 bits per heavy atom. The Morgan fingerprint density at radius 2 is 1.31 bits per heavy atom. The molecule has 1 aromatic carbocycles. The number of hydrogen-bond acceptors (Lipinski definition) is 9. The molecule has 10 heteroatoms. The first-order valence-corrected chi connectivity index (χ1v) is 10.7. The fraction of sp³-hybridized carbons (Fsp3) is 0.231. The molecular formula is C26H23N5O5. The number of benzene rings is 1. The first-order chi connectivity index (χ1) is 17.3. The van der Waals surface area contributed by atoms with Gasteiger partial charge in [0.05, 0.1) is 49.9 Å². The summed E-state index contributed by atoms with van der Waals surface area (Å²) in [4.78, 5) is 34.1. The lowest BCUT2D eigenvalue weighted by atomic mass is 10.1. The maximum Gasteiger partial charge on any atom is 0.261 e. The molecule has 0 atom stereocenters. The molecule has 2 amide bonds. The lowest BCUT2D eigenvalue weighted by Crippen LogP contribution is -2.29. The third-order valence-corrected chi connectivity index (χ3v) is 5.44. The van der Waals surface area contributed by atoms with E-state index in [2.05, 4.69) is 9.97 Å². The number of carbonyl (C=O) groups is 2. The van der Waals surface area contributed by atoms with Crippen LogP contribution in [0.1, 0.15) is 54.4 Å². The Labute approximate surface area is 208 Å². The molecule has 0 fully saturated rings. The van der Waals surface area contributed by atoms with Crippen LogP contribution >= 0.6 is 0 Å². The molecule has 0 spiro atoms. The van der Waals surface area contributed by atoms with Crippen molar-refractivity contribution in [2.75, 3.05) is 14.2 Å². The standard InChI is InChI=1S/C17H13N3O3.C9H10N2O2/c1-10-7-11(19-15(23-2)14(10)8-18)9-20-16(21)12-5-3-4-6-13(12)17(20)22;1-6-3-7(5-12)11-9(13-2)8(6)4-10/h3-7H,9H2,1-2H3;3,12H,5H2,1-2H3. The molecule has 36 heavy (non-hydrogen) atoms. The highest BCUT2D eigenvalue weighted by Gasteiger charge is 2.35. The van der Waals surface area contributed by atoms with Crippen LogP contribution < -0.4 is 9.47 Å². The highest BCUT2D eigenvalue weighted by molar-refractivity contribution is 6.21. The summed E-state index contributed by atoms with van der Waals surface area (Å²) in [6.07, 6.45) is 0. The Bertz CT molecular complexity index is 1390. The second-order valence-electron chi connectivity index (χ2n) is 7.75.